The molecule has 174 valence electrons. The van der Waals surface area contributed by atoms with Crippen molar-refractivity contribution < 1.29 is 23.5 Å². The van der Waals surface area contributed by atoms with E-state index in [1.54, 1.807) is 13.0 Å². The van der Waals surface area contributed by atoms with E-state index in [-0.39, 0.29) is 23.8 Å². The number of carbonyl (C=O) groups is 2. The number of hydrogen-bond donors (Lipinski definition) is 1. The lowest BCUT2D eigenvalue weighted by molar-refractivity contribution is -0.134. The Labute approximate surface area is 196 Å². The van der Waals surface area contributed by atoms with Gasteiger partial charge in [-0.2, -0.15) is 0 Å². The van der Waals surface area contributed by atoms with Gasteiger partial charge in [0.2, 0.25) is 0 Å². The van der Waals surface area contributed by atoms with Gasteiger partial charge in [0.15, 0.2) is 5.75 Å². The molecule has 0 aliphatic rings. The van der Waals surface area contributed by atoms with Gasteiger partial charge in [-0.05, 0) is 43.9 Å². The minimum Gasteiger partial charge on any atom is -0.445 e. The van der Waals surface area contributed by atoms with Crippen molar-refractivity contribution in [1.29, 1.82) is 0 Å². The second-order valence-electron chi connectivity index (χ2n) is 7.69. The molecule has 0 unspecified atom stereocenters. The van der Waals surface area contributed by atoms with Gasteiger partial charge in [-0.1, -0.05) is 48.4 Å². The van der Waals surface area contributed by atoms with Crippen LogP contribution < -0.4 is 15.7 Å². The van der Waals surface area contributed by atoms with Crippen LogP contribution in [0.1, 0.15) is 42.4 Å². The van der Waals surface area contributed by atoms with Gasteiger partial charge in [0, 0.05) is 30.0 Å². The number of aryl methyl sites for hydroxylation is 1. The van der Waals surface area contributed by atoms with Gasteiger partial charge < -0.3 is 19.2 Å². The van der Waals surface area contributed by atoms with E-state index in [4.69, 9.17) is 25.5 Å². The summed E-state index contributed by atoms with van der Waals surface area (Å²) in [6.07, 6.45) is 1.75. The average molecular weight is 472 g/mol. The highest BCUT2D eigenvalue weighted by Crippen LogP contribution is 2.32. The zero-order valence-electron chi connectivity index (χ0n) is 18.6. The standard InChI is InChI=1S/C25H26ClNO6/c1-16-17(2)24(29)33-21-14-22(20(26)13-19(16)21)32-23(28)11-7-4-8-12-27-25(30)31-15-18-9-5-3-6-10-18/h3,5-6,9-10,13-14H,4,7-8,11-12,15H2,1-2H3,(H,27,30). The van der Waals surface area contributed by atoms with Crippen LogP contribution in [0, 0.1) is 13.8 Å². The van der Waals surface area contributed by atoms with Crippen molar-refractivity contribution in [2.75, 3.05) is 6.54 Å². The van der Waals surface area contributed by atoms with Crippen molar-refractivity contribution in [2.45, 2.75) is 46.1 Å². The van der Waals surface area contributed by atoms with E-state index in [0.29, 0.717) is 35.9 Å². The highest BCUT2D eigenvalue weighted by Gasteiger charge is 2.14. The Bertz CT molecular complexity index is 1190. The lowest BCUT2D eigenvalue weighted by atomic mass is 10.1. The molecule has 3 aromatic rings. The van der Waals surface area contributed by atoms with Gasteiger partial charge in [0.25, 0.3) is 0 Å². The molecular weight excluding hydrogens is 446 g/mol. The van der Waals surface area contributed by atoms with E-state index < -0.39 is 17.7 Å². The third-order valence-corrected chi connectivity index (χ3v) is 5.57. The first-order chi connectivity index (χ1) is 15.8. The van der Waals surface area contributed by atoms with Crippen molar-refractivity contribution >= 4 is 34.6 Å². The van der Waals surface area contributed by atoms with Gasteiger partial charge in [0.05, 0.1) is 5.02 Å². The molecular formula is C25H26ClNO6. The Morgan fingerprint density at radius 1 is 1.03 bits per heavy atom. The summed E-state index contributed by atoms with van der Waals surface area (Å²) in [5.41, 5.74) is 2.10. The molecule has 1 amide bonds. The average Bonchev–Trinajstić information content (AvgIpc) is 2.80. The zero-order chi connectivity index (χ0) is 23.8. The van der Waals surface area contributed by atoms with Gasteiger partial charge in [-0.3, -0.25) is 4.79 Å². The van der Waals surface area contributed by atoms with E-state index in [1.165, 1.54) is 6.07 Å². The molecule has 0 radical (unpaired) electrons. The minimum absolute atomic E-state index is 0.156. The Morgan fingerprint density at radius 2 is 1.79 bits per heavy atom. The van der Waals surface area contributed by atoms with Crippen LogP contribution in [0.2, 0.25) is 5.02 Å². The second kappa shape index (κ2) is 11.5. The molecule has 0 spiro atoms. The molecule has 7 nitrogen and oxygen atoms in total. The molecule has 0 atom stereocenters. The molecule has 1 aromatic heterocycles. The van der Waals surface area contributed by atoms with Crippen LogP contribution in [-0.2, 0) is 16.1 Å². The molecule has 0 saturated carbocycles. The monoisotopic (exact) mass is 471 g/mol. The predicted molar refractivity (Wildman–Crippen MR) is 126 cm³/mol. The van der Waals surface area contributed by atoms with Gasteiger partial charge in [-0.15, -0.1) is 0 Å². The molecule has 8 heteroatoms. The first kappa shape index (κ1) is 24.3. The molecule has 0 saturated heterocycles. The topological polar surface area (TPSA) is 94.8 Å². The Kier molecular flexibility index (Phi) is 8.49. The summed E-state index contributed by atoms with van der Waals surface area (Å²) < 4.78 is 15.8. The normalized spacial score (nSPS) is 10.8. The zero-order valence-corrected chi connectivity index (χ0v) is 19.4. The molecule has 3 rings (SSSR count). The van der Waals surface area contributed by atoms with Crippen molar-refractivity contribution in [2.24, 2.45) is 0 Å². The van der Waals surface area contributed by atoms with E-state index in [0.717, 1.165) is 17.5 Å². The van der Waals surface area contributed by atoms with Gasteiger partial charge >= 0.3 is 17.7 Å². The summed E-state index contributed by atoms with van der Waals surface area (Å²) >= 11 is 6.26. The molecule has 1 heterocycles. The molecule has 33 heavy (non-hydrogen) atoms. The van der Waals surface area contributed by atoms with Gasteiger partial charge in [0.1, 0.15) is 12.2 Å². The van der Waals surface area contributed by atoms with E-state index in [9.17, 15) is 14.4 Å². The largest absolute Gasteiger partial charge is 0.445 e. The van der Waals surface area contributed by atoms with Crippen LogP contribution in [0.25, 0.3) is 11.0 Å². The first-order valence-corrected chi connectivity index (χ1v) is 11.1. The smallest absolute Gasteiger partial charge is 0.407 e. The fourth-order valence-electron chi connectivity index (χ4n) is 3.23. The number of unbranched alkanes of at least 4 members (excludes halogenated alkanes) is 2. The molecule has 0 aliphatic heterocycles. The maximum absolute atomic E-state index is 12.2. The Morgan fingerprint density at radius 3 is 2.55 bits per heavy atom. The van der Waals surface area contributed by atoms with Crippen molar-refractivity contribution in [3.8, 4) is 5.75 Å². The quantitative estimate of drug-likeness (QED) is 0.193. The number of benzene rings is 2. The lowest BCUT2D eigenvalue weighted by Crippen LogP contribution is -2.25. The highest BCUT2D eigenvalue weighted by molar-refractivity contribution is 6.33. The number of halogens is 1. The number of fused-ring (bicyclic) bond motifs is 1. The van der Waals surface area contributed by atoms with Crippen LogP contribution in [0.4, 0.5) is 4.79 Å². The predicted octanol–water partition coefficient (Wildman–Crippen LogP) is 5.46. The summed E-state index contributed by atoms with van der Waals surface area (Å²) in [4.78, 5) is 35.8. The first-order valence-electron chi connectivity index (χ1n) is 10.7. The van der Waals surface area contributed by atoms with Crippen molar-refractivity contribution in [1.82, 2.24) is 5.32 Å². The van der Waals surface area contributed by atoms with E-state index in [2.05, 4.69) is 5.32 Å². The van der Waals surface area contributed by atoms with E-state index >= 15 is 0 Å². The second-order valence-corrected chi connectivity index (χ2v) is 8.10. The van der Waals surface area contributed by atoms with Crippen LogP contribution in [0.3, 0.4) is 0 Å². The SMILES string of the molecule is Cc1c(C)c2cc(Cl)c(OC(=O)CCCCCNC(=O)OCc3ccccc3)cc2oc1=O. The molecule has 0 bridgehead atoms. The van der Waals surface area contributed by atoms with Gasteiger partial charge in [-0.25, -0.2) is 9.59 Å². The number of rotatable bonds is 9. The fourth-order valence-corrected chi connectivity index (χ4v) is 3.43. The summed E-state index contributed by atoms with van der Waals surface area (Å²) in [7, 11) is 0. The maximum atomic E-state index is 12.2. The summed E-state index contributed by atoms with van der Waals surface area (Å²) in [5, 5.41) is 3.66. The number of ether oxygens (including phenoxy) is 2. The number of amides is 1. The van der Waals surface area contributed by atoms with Crippen LogP contribution in [0.15, 0.2) is 51.7 Å². The summed E-state index contributed by atoms with van der Waals surface area (Å²) in [6.45, 7) is 4.18. The third-order valence-electron chi connectivity index (χ3n) is 5.27. The number of esters is 1. The lowest BCUT2D eigenvalue weighted by Gasteiger charge is -2.10. The number of carbonyl (C=O) groups excluding carboxylic acids is 2. The number of alkyl carbamates (subject to hydrolysis) is 1. The molecule has 0 fully saturated rings. The highest BCUT2D eigenvalue weighted by atomic mass is 35.5. The number of hydrogen-bond acceptors (Lipinski definition) is 6. The Balaban J connectivity index is 1.38. The molecule has 2 aromatic carbocycles. The minimum atomic E-state index is -0.471. The van der Waals surface area contributed by atoms with Crippen molar-refractivity contribution in [3.05, 3.63) is 74.6 Å². The molecule has 1 N–H and O–H groups in total. The maximum Gasteiger partial charge on any atom is 0.407 e. The van der Waals surface area contributed by atoms with E-state index in [1.807, 2.05) is 37.3 Å². The summed E-state index contributed by atoms with van der Waals surface area (Å²) in [5.74, 6) is -0.277. The third kappa shape index (κ3) is 6.83. The Hall–Kier alpha value is -3.32. The number of nitrogens with one attached hydrogen (secondary N) is 1. The summed E-state index contributed by atoms with van der Waals surface area (Å²) in [6, 6.07) is 12.5. The molecule has 0 aliphatic carbocycles. The van der Waals surface area contributed by atoms with Crippen LogP contribution >= 0.6 is 11.6 Å². The van der Waals surface area contributed by atoms with Crippen LogP contribution in [-0.4, -0.2) is 18.6 Å². The fraction of sp³-hybridized carbons (Fsp3) is 0.320. The van der Waals surface area contributed by atoms with Crippen LogP contribution in [0.5, 0.6) is 5.75 Å². The van der Waals surface area contributed by atoms with Crippen molar-refractivity contribution in [3.63, 3.8) is 0 Å².